The molecule has 6 nitrogen and oxygen atoms in total. The molecule has 0 radical (unpaired) electrons. The number of nitriles is 1. The predicted molar refractivity (Wildman–Crippen MR) is 68.0 cm³/mol. The molecule has 0 heterocycles. The minimum Gasteiger partial charge on any atom is -0.481 e. The molecule has 0 aliphatic heterocycles. The van der Waals surface area contributed by atoms with Gasteiger partial charge in [0.2, 0.25) is 10.0 Å². The molecule has 7 heteroatoms. The van der Waals surface area contributed by atoms with Gasteiger partial charge in [-0.2, -0.15) is 5.26 Å². The second-order valence-electron chi connectivity index (χ2n) is 4.03. The number of nitrogens with zero attached hydrogens (tertiary/aromatic N) is 2. The van der Waals surface area contributed by atoms with Crippen molar-refractivity contribution in [3.05, 3.63) is 29.3 Å². The number of benzene rings is 1. The standard InChI is InChI=1S/C12H14N2O4S/c1-9-4-3-5-11(10(9)8-13)19(17,18)14(2)7-6-12(15)16/h3-5H,6-7H2,1-2H3,(H,15,16). The summed E-state index contributed by atoms with van der Waals surface area (Å²) in [5.41, 5.74) is 0.653. The van der Waals surface area contributed by atoms with Crippen molar-refractivity contribution in [1.82, 2.24) is 4.31 Å². The zero-order valence-corrected chi connectivity index (χ0v) is 11.4. The number of rotatable bonds is 5. The van der Waals surface area contributed by atoms with E-state index in [1.165, 1.54) is 13.1 Å². The van der Waals surface area contributed by atoms with Crippen molar-refractivity contribution in [2.24, 2.45) is 0 Å². The number of aliphatic carboxylic acids is 1. The Kier molecular flexibility index (Phi) is 4.64. The van der Waals surface area contributed by atoms with Crippen LogP contribution >= 0.6 is 0 Å². The number of hydrogen-bond donors (Lipinski definition) is 1. The van der Waals surface area contributed by atoms with Gasteiger partial charge < -0.3 is 5.11 Å². The summed E-state index contributed by atoms with van der Waals surface area (Å²) in [4.78, 5) is 10.4. The van der Waals surface area contributed by atoms with Gasteiger partial charge in [0.05, 0.1) is 12.0 Å². The van der Waals surface area contributed by atoms with Gasteiger partial charge in [0.1, 0.15) is 11.0 Å². The maximum absolute atomic E-state index is 12.3. The second kappa shape index (κ2) is 5.82. The Balaban J connectivity index is 3.18. The van der Waals surface area contributed by atoms with Crippen LogP contribution in [0.15, 0.2) is 23.1 Å². The number of carboxylic acid groups (broad SMARTS) is 1. The Hall–Kier alpha value is -1.91. The highest BCUT2D eigenvalue weighted by Crippen LogP contribution is 2.21. The first-order valence-corrected chi connectivity index (χ1v) is 6.92. The molecule has 1 aromatic rings. The van der Waals surface area contributed by atoms with E-state index < -0.39 is 16.0 Å². The first kappa shape index (κ1) is 15.1. The molecule has 0 saturated carbocycles. The maximum atomic E-state index is 12.3. The van der Waals surface area contributed by atoms with E-state index in [-0.39, 0.29) is 23.4 Å². The molecule has 0 spiro atoms. The van der Waals surface area contributed by atoms with E-state index in [9.17, 15) is 13.2 Å². The Morgan fingerprint density at radius 2 is 2.11 bits per heavy atom. The SMILES string of the molecule is Cc1cccc(S(=O)(=O)N(C)CCC(=O)O)c1C#N. The summed E-state index contributed by atoms with van der Waals surface area (Å²) in [5, 5.41) is 17.6. The fourth-order valence-electron chi connectivity index (χ4n) is 1.54. The Labute approximate surface area is 111 Å². The van der Waals surface area contributed by atoms with Gasteiger partial charge in [0.15, 0.2) is 0 Å². The Morgan fingerprint density at radius 3 is 2.63 bits per heavy atom. The highest BCUT2D eigenvalue weighted by molar-refractivity contribution is 7.89. The van der Waals surface area contributed by atoms with Crippen LogP contribution in [-0.2, 0) is 14.8 Å². The third-order valence-electron chi connectivity index (χ3n) is 2.68. The molecular formula is C12H14N2O4S. The van der Waals surface area contributed by atoms with E-state index in [0.29, 0.717) is 5.56 Å². The fourth-order valence-corrected chi connectivity index (χ4v) is 2.92. The summed E-state index contributed by atoms with van der Waals surface area (Å²) < 4.78 is 25.5. The molecule has 0 fully saturated rings. The third kappa shape index (κ3) is 3.30. The summed E-state index contributed by atoms with van der Waals surface area (Å²) in [5.74, 6) is -1.08. The number of hydrogen-bond acceptors (Lipinski definition) is 4. The maximum Gasteiger partial charge on any atom is 0.304 e. The predicted octanol–water partition coefficient (Wildman–Crippen LogP) is 0.962. The van der Waals surface area contributed by atoms with Gasteiger partial charge in [-0.05, 0) is 18.6 Å². The van der Waals surface area contributed by atoms with Crippen molar-refractivity contribution < 1.29 is 18.3 Å². The van der Waals surface area contributed by atoms with E-state index >= 15 is 0 Å². The van der Waals surface area contributed by atoms with Crippen LogP contribution in [0.25, 0.3) is 0 Å². The highest BCUT2D eigenvalue weighted by Gasteiger charge is 2.25. The molecule has 0 atom stereocenters. The van der Waals surface area contributed by atoms with Crippen LogP contribution in [-0.4, -0.2) is 37.4 Å². The van der Waals surface area contributed by atoms with E-state index in [0.717, 1.165) is 4.31 Å². The second-order valence-corrected chi connectivity index (χ2v) is 6.04. The van der Waals surface area contributed by atoms with Crippen LogP contribution in [0.2, 0.25) is 0 Å². The summed E-state index contributed by atoms with van der Waals surface area (Å²) in [6, 6.07) is 6.41. The normalized spacial score (nSPS) is 11.3. The molecule has 1 rings (SSSR count). The Morgan fingerprint density at radius 1 is 1.47 bits per heavy atom. The van der Waals surface area contributed by atoms with Gasteiger partial charge in [-0.15, -0.1) is 0 Å². The third-order valence-corrected chi connectivity index (χ3v) is 4.57. The van der Waals surface area contributed by atoms with Crippen LogP contribution in [0, 0.1) is 18.3 Å². The summed E-state index contributed by atoms with van der Waals surface area (Å²) >= 11 is 0. The Bertz CT molecular complexity index is 632. The molecule has 0 aliphatic carbocycles. The summed E-state index contributed by atoms with van der Waals surface area (Å²) in [6.45, 7) is 1.51. The highest BCUT2D eigenvalue weighted by atomic mass is 32.2. The smallest absolute Gasteiger partial charge is 0.304 e. The number of sulfonamides is 1. The summed E-state index contributed by atoms with van der Waals surface area (Å²) in [7, 11) is -2.56. The zero-order chi connectivity index (χ0) is 14.6. The molecule has 0 aliphatic rings. The minimum atomic E-state index is -3.85. The van der Waals surface area contributed by atoms with Gasteiger partial charge in [-0.1, -0.05) is 12.1 Å². The number of carbonyl (C=O) groups is 1. The van der Waals surface area contributed by atoms with Crippen molar-refractivity contribution >= 4 is 16.0 Å². The van der Waals surface area contributed by atoms with Crippen LogP contribution in [0.4, 0.5) is 0 Å². The van der Waals surface area contributed by atoms with Gasteiger partial charge >= 0.3 is 5.97 Å². The number of aryl methyl sites for hydroxylation is 1. The lowest BCUT2D eigenvalue weighted by Gasteiger charge is -2.17. The lowest BCUT2D eigenvalue weighted by Crippen LogP contribution is -2.29. The van der Waals surface area contributed by atoms with E-state index in [1.54, 1.807) is 19.1 Å². The molecule has 19 heavy (non-hydrogen) atoms. The molecule has 0 bridgehead atoms. The van der Waals surface area contributed by atoms with Gasteiger partial charge in [0.25, 0.3) is 0 Å². The van der Waals surface area contributed by atoms with Crippen molar-refractivity contribution in [2.45, 2.75) is 18.2 Å². The van der Waals surface area contributed by atoms with E-state index in [2.05, 4.69) is 0 Å². The van der Waals surface area contributed by atoms with E-state index in [4.69, 9.17) is 10.4 Å². The van der Waals surface area contributed by atoms with Gasteiger partial charge in [-0.25, -0.2) is 12.7 Å². The summed E-state index contributed by atoms with van der Waals surface area (Å²) in [6.07, 6.45) is -0.288. The van der Waals surface area contributed by atoms with Crippen molar-refractivity contribution in [2.75, 3.05) is 13.6 Å². The molecule has 1 aromatic carbocycles. The lowest BCUT2D eigenvalue weighted by molar-refractivity contribution is -0.137. The molecule has 0 aromatic heterocycles. The first-order valence-electron chi connectivity index (χ1n) is 5.48. The van der Waals surface area contributed by atoms with Crippen LogP contribution in [0.5, 0.6) is 0 Å². The molecule has 1 N–H and O–H groups in total. The van der Waals surface area contributed by atoms with Gasteiger partial charge in [-0.3, -0.25) is 4.79 Å². The monoisotopic (exact) mass is 282 g/mol. The lowest BCUT2D eigenvalue weighted by atomic mass is 10.1. The quantitative estimate of drug-likeness (QED) is 0.867. The molecular weight excluding hydrogens is 268 g/mol. The topological polar surface area (TPSA) is 98.5 Å². The van der Waals surface area contributed by atoms with Crippen LogP contribution < -0.4 is 0 Å². The number of carboxylic acids is 1. The molecule has 102 valence electrons. The van der Waals surface area contributed by atoms with Crippen molar-refractivity contribution in [3.63, 3.8) is 0 Å². The average Bonchev–Trinajstić information content (AvgIpc) is 2.35. The van der Waals surface area contributed by atoms with E-state index in [1.807, 2.05) is 6.07 Å². The molecule has 0 unspecified atom stereocenters. The average molecular weight is 282 g/mol. The van der Waals surface area contributed by atoms with Crippen molar-refractivity contribution in [3.8, 4) is 6.07 Å². The van der Waals surface area contributed by atoms with Gasteiger partial charge in [0, 0.05) is 13.6 Å². The van der Waals surface area contributed by atoms with Crippen LogP contribution in [0.3, 0.4) is 0 Å². The fraction of sp³-hybridized carbons (Fsp3) is 0.333. The molecule has 0 saturated heterocycles. The largest absolute Gasteiger partial charge is 0.481 e. The zero-order valence-electron chi connectivity index (χ0n) is 10.6. The van der Waals surface area contributed by atoms with Crippen LogP contribution in [0.1, 0.15) is 17.5 Å². The molecule has 0 amide bonds. The van der Waals surface area contributed by atoms with Crippen molar-refractivity contribution in [1.29, 1.82) is 5.26 Å². The first-order chi connectivity index (χ1) is 8.80. The minimum absolute atomic E-state index is 0.0877.